The molecule has 0 saturated carbocycles. The molecule has 8 nitrogen and oxygen atoms in total. The Morgan fingerprint density at radius 3 is 2.28 bits per heavy atom. The number of ether oxygens (including phenoxy) is 1. The lowest BCUT2D eigenvalue weighted by molar-refractivity contribution is -0.130. The number of piperazine rings is 1. The number of rotatable bonds is 6. The van der Waals surface area contributed by atoms with E-state index in [1.807, 2.05) is 42.2 Å². The molecule has 2 amide bonds. The standard InChI is InChI=1S/C20H31N5O3.HI/c1-4-23(16-17-9-7-6-8-10-17)18(26)15-22-19(21-3)24-11-13-25(14-12-24)20(27)28-5-2;/h6-10H,4-5,11-16H2,1-3H3,(H,21,22);1H. The summed E-state index contributed by atoms with van der Waals surface area (Å²) in [5.41, 5.74) is 1.11. The molecule has 9 heteroatoms. The topological polar surface area (TPSA) is 77.5 Å². The summed E-state index contributed by atoms with van der Waals surface area (Å²) < 4.78 is 5.04. The van der Waals surface area contributed by atoms with Gasteiger partial charge in [-0.05, 0) is 19.4 Å². The van der Waals surface area contributed by atoms with Crippen LogP contribution in [0.3, 0.4) is 0 Å². The first kappa shape index (κ1) is 25.0. The largest absolute Gasteiger partial charge is 0.450 e. The van der Waals surface area contributed by atoms with Gasteiger partial charge in [0.15, 0.2) is 5.96 Å². The van der Waals surface area contributed by atoms with Gasteiger partial charge in [0, 0.05) is 46.3 Å². The molecule has 1 aromatic carbocycles. The zero-order valence-electron chi connectivity index (χ0n) is 17.5. The Kier molecular flexibility index (Phi) is 11.4. The van der Waals surface area contributed by atoms with Crippen LogP contribution in [0.5, 0.6) is 0 Å². The average Bonchev–Trinajstić information content (AvgIpc) is 2.73. The van der Waals surface area contributed by atoms with Gasteiger partial charge in [0.25, 0.3) is 0 Å². The molecule has 1 saturated heterocycles. The van der Waals surface area contributed by atoms with Gasteiger partial charge in [-0.15, -0.1) is 24.0 Å². The van der Waals surface area contributed by atoms with Crippen molar-refractivity contribution in [1.29, 1.82) is 0 Å². The third-order valence-electron chi connectivity index (χ3n) is 4.67. The predicted molar refractivity (Wildman–Crippen MR) is 124 cm³/mol. The molecule has 0 spiro atoms. The summed E-state index contributed by atoms with van der Waals surface area (Å²) in [6.07, 6.45) is -0.278. The summed E-state index contributed by atoms with van der Waals surface area (Å²) in [4.78, 5) is 34.3. The van der Waals surface area contributed by atoms with Crippen molar-refractivity contribution in [3.8, 4) is 0 Å². The zero-order chi connectivity index (χ0) is 20.4. The van der Waals surface area contributed by atoms with E-state index in [9.17, 15) is 9.59 Å². The van der Waals surface area contributed by atoms with E-state index < -0.39 is 0 Å². The van der Waals surface area contributed by atoms with Crippen LogP contribution in [0.2, 0.25) is 0 Å². The molecule has 1 aromatic rings. The monoisotopic (exact) mass is 517 g/mol. The molecule has 0 atom stereocenters. The van der Waals surface area contributed by atoms with Crippen molar-refractivity contribution in [3.05, 3.63) is 35.9 Å². The van der Waals surface area contributed by atoms with Crippen LogP contribution in [0.15, 0.2) is 35.3 Å². The fourth-order valence-electron chi connectivity index (χ4n) is 3.09. The minimum absolute atomic E-state index is 0. The van der Waals surface area contributed by atoms with Crippen molar-refractivity contribution in [2.75, 3.05) is 52.9 Å². The maximum absolute atomic E-state index is 12.6. The normalized spacial score (nSPS) is 14.1. The van der Waals surface area contributed by atoms with Crippen LogP contribution in [0.25, 0.3) is 0 Å². The Morgan fingerprint density at radius 2 is 1.72 bits per heavy atom. The van der Waals surface area contributed by atoms with Crippen molar-refractivity contribution < 1.29 is 14.3 Å². The van der Waals surface area contributed by atoms with Crippen LogP contribution in [0.1, 0.15) is 19.4 Å². The highest BCUT2D eigenvalue weighted by Crippen LogP contribution is 2.06. The van der Waals surface area contributed by atoms with E-state index in [0.29, 0.717) is 51.8 Å². The summed E-state index contributed by atoms with van der Waals surface area (Å²) in [6.45, 7) is 8.01. The maximum Gasteiger partial charge on any atom is 0.409 e. The Balaban J connectivity index is 0.00000420. The molecule has 0 aromatic heterocycles. The summed E-state index contributed by atoms with van der Waals surface area (Å²) in [5, 5.41) is 3.16. The number of guanidine groups is 1. The fourth-order valence-corrected chi connectivity index (χ4v) is 3.09. The van der Waals surface area contributed by atoms with Crippen LogP contribution in [-0.4, -0.2) is 85.6 Å². The van der Waals surface area contributed by atoms with Crippen molar-refractivity contribution in [2.24, 2.45) is 4.99 Å². The Morgan fingerprint density at radius 1 is 1.10 bits per heavy atom. The fraction of sp³-hybridized carbons (Fsp3) is 0.550. The number of carbonyl (C=O) groups excluding carboxylic acids is 2. The second-order valence-electron chi connectivity index (χ2n) is 6.47. The molecule has 1 N–H and O–H groups in total. The molecule has 162 valence electrons. The maximum atomic E-state index is 12.6. The zero-order valence-corrected chi connectivity index (χ0v) is 19.8. The average molecular weight is 517 g/mol. The number of hydrogen-bond acceptors (Lipinski definition) is 4. The number of nitrogens with one attached hydrogen (secondary N) is 1. The number of nitrogens with zero attached hydrogens (tertiary/aromatic N) is 4. The Hall–Kier alpha value is -2.04. The molecule has 1 aliphatic rings. The summed E-state index contributed by atoms with van der Waals surface area (Å²) >= 11 is 0. The van der Waals surface area contributed by atoms with E-state index in [2.05, 4.69) is 15.2 Å². The van der Waals surface area contributed by atoms with Crippen molar-refractivity contribution in [2.45, 2.75) is 20.4 Å². The second-order valence-corrected chi connectivity index (χ2v) is 6.47. The van der Waals surface area contributed by atoms with Gasteiger partial charge in [0.2, 0.25) is 5.91 Å². The lowest BCUT2D eigenvalue weighted by atomic mass is 10.2. The van der Waals surface area contributed by atoms with E-state index in [4.69, 9.17) is 4.74 Å². The third-order valence-corrected chi connectivity index (χ3v) is 4.67. The molecular formula is C20H32IN5O3. The van der Waals surface area contributed by atoms with E-state index in [1.54, 1.807) is 18.9 Å². The summed E-state index contributed by atoms with van der Waals surface area (Å²) in [5.74, 6) is 0.699. The van der Waals surface area contributed by atoms with E-state index in [0.717, 1.165) is 5.56 Å². The Labute approximate surface area is 190 Å². The highest BCUT2D eigenvalue weighted by Gasteiger charge is 2.24. The number of aliphatic imine (C=N–C) groups is 1. The van der Waals surface area contributed by atoms with Crippen LogP contribution in [0, 0.1) is 0 Å². The molecule has 29 heavy (non-hydrogen) atoms. The first-order valence-corrected chi connectivity index (χ1v) is 9.78. The molecule has 1 heterocycles. The van der Waals surface area contributed by atoms with E-state index >= 15 is 0 Å². The highest BCUT2D eigenvalue weighted by molar-refractivity contribution is 14.0. The lowest BCUT2D eigenvalue weighted by Crippen LogP contribution is -2.55. The molecule has 0 unspecified atom stereocenters. The van der Waals surface area contributed by atoms with E-state index in [1.165, 1.54) is 0 Å². The van der Waals surface area contributed by atoms with Crippen molar-refractivity contribution >= 4 is 41.9 Å². The van der Waals surface area contributed by atoms with Crippen LogP contribution in [0.4, 0.5) is 4.79 Å². The molecule has 0 radical (unpaired) electrons. The predicted octanol–water partition coefficient (Wildman–Crippen LogP) is 2.00. The van der Waals surface area contributed by atoms with Gasteiger partial charge >= 0.3 is 6.09 Å². The highest BCUT2D eigenvalue weighted by atomic mass is 127. The molecule has 0 bridgehead atoms. The van der Waals surface area contributed by atoms with Crippen LogP contribution in [-0.2, 0) is 16.1 Å². The first-order valence-electron chi connectivity index (χ1n) is 9.78. The number of carbonyl (C=O) groups is 2. The van der Waals surface area contributed by atoms with Gasteiger partial charge in [-0.1, -0.05) is 30.3 Å². The van der Waals surface area contributed by atoms with Crippen molar-refractivity contribution in [3.63, 3.8) is 0 Å². The number of hydrogen-bond donors (Lipinski definition) is 1. The summed E-state index contributed by atoms with van der Waals surface area (Å²) in [6, 6.07) is 9.96. The number of likely N-dealkylation sites (N-methyl/N-ethyl adjacent to an activating group) is 1. The molecular weight excluding hydrogens is 485 g/mol. The minimum Gasteiger partial charge on any atom is -0.450 e. The molecule has 2 rings (SSSR count). The van der Waals surface area contributed by atoms with E-state index in [-0.39, 0.29) is 42.5 Å². The van der Waals surface area contributed by atoms with Gasteiger partial charge in [0.1, 0.15) is 0 Å². The number of amides is 2. The molecule has 0 aliphatic carbocycles. The van der Waals surface area contributed by atoms with Gasteiger partial charge in [0.05, 0.1) is 13.2 Å². The first-order chi connectivity index (χ1) is 13.6. The number of halogens is 1. The smallest absolute Gasteiger partial charge is 0.409 e. The van der Waals surface area contributed by atoms with Crippen LogP contribution < -0.4 is 5.32 Å². The Bertz CT molecular complexity index is 663. The lowest BCUT2D eigenvalue weighted by Gasteiger charge is -2.36. The van der Waals surface area contributed by atoms with Gasteiger partial charge in [-0.25, -0.2) is 4.79 Å². The van der Waals surface area contributed by atoms with Gasteiger partial charge < -0.3 is 24.8 Å². The third kappa shape index (κ3) is 7.71. The summed E-state index contributed by atoms with van der Waals surface area (Å²) in [7, 11) is 1.70. The minimum atomic E-state index is -0.278. The molecule has 1 fully saturated rings. The van der Waals surface area contributed by atoms with Gasteiger partial charge in [-0.3, -0.25) is 9.79 Å². The second kappa shape index (κ2) is 13.2. The number of benzene rings is 1. The quantitative estimate of drug-likeness (QED) is 0.355. The van der Waals surface area contributed by atoms with Gasteiger partial charge in [-0.2, -0.15) is 0 Å². The SMILES string of the molecule is CCOC(=O)N1CCN(C(=NC)NCC(=O)N(CC)Cc2ccccc2)CC1.I. The van der Waals surface area contributed by atoms with Crippen molar-refractivity contribution in [1.82, 2.24) is 20.0 Å². The molecule has 1 aliphatic heterocycles. The van der Waals surface area contributed by atoms with Crippen LogP contribution >= 0.6 is 24.0 Å².